The summed E-state index contributed by atoms with van der Waals surface area (Å²) in [5.41, 5.74) is 3.69. The molecule has 0 fully saturated rings. The lowest BCUT2D eigenvalue weighted by molar-refractivity contribution is 0.252. The minimum atomic E-state index is -0.214. The number of amides is 2. The zero-order chi connectivity index (χ0) is 16.4. The maximum Gasteiger partial charge on any atom is 0.319 e. The first-order chi connectivity index (χ1) is 11.8. The number of aromatic amines is 1. The molecule has 4 aromatic rings. The van der Waals surface area contributed by atoms with Gasteiger partial charge in [-0.05, 0) is 36.4 Å². The number of hydrogen-bond acceptors (Lipinski definition) is 2. The maximum absolute atomic E-state index is 12.0. The Balaban J connectivity index is 1.32. The van der Waals surface area contributed by atoms with Crippen molar-refractivity contribution in [1.29, 1.82) is 0 Å². The molecule has 120 valence electrons. The van der Waals surface area contributed by atoms with Crippen LogP contribution in [0.3, 0.4) is 0 Å². The van der Waals surface area contributed by atoms with Gasteiger partial charge in [-0.25, -0.2) is 9.78 Å². The molecule has 6 nitrogen and oxygen atoms in total. The van der Waals surface area contributed by atoms with Crippen LogP contribution in [0.5, 0.6) is 0 Å². The molecule has 0 unspecified atom stereocenters. The molecule has 2 amide bonds. The fraction of sp³-hybridized carbons (Fsp3) is 0.111. The number of carbonyl (C=O) groups excluding carboxylic acids is 1. The average Bonchev–Trinajstić information content (AvgIpc) is 3.20. The van der Waals surface area contributed by atoms with Gasteiger partial charge in [-0.3, -0.25) is 0 Å². The molecule has 0 atom stereocenters. The molecule has 0 aliphatic rings. The summed E-state index contributed by atoms with van der Waals surface area (Å²) in [5, 5.41) is 6.77. The van der Waals surface area contributed by atoms with Gasteiger partial charge in [0.2, 0.25) is 0 Å². The third-order valence-electron chi connectivity index (χ3n) is 3.89. The molecule has 1 aromatic carbocycles. The normalized spacial score (nSPS) is 11.0. The van der Waals surface area contributed by atoms with E-state index < -0.39 is 0 Å². The number of fused-ring (bicyclic) bond motifs is 2. The number of aromatic nitrogens is 3. The quantitative estimate of drug-likeness (QED) is 0.540. The van der Waals surface area contributed by atoms with Gasteiger partial charge in [0.15, 0.2) is 0 Å². The molecule has 0 radical (unpaired) electrons. The molecule has 3 N–H and O–H groups in total. The topological polar surface area (TPSA) is 74.2 Å². The smallest absolute Gasteiger partial charge is 0.319 e. The number of hydrogen-bond donors (Lipinski definition) is 3. The van der Waals surface area contributed by atoms with E-state index in [9.17, 15) is 4.79 Å². The van der Waals surface area contributed by atoms with Crippen LogP contribution in [0.15, 0.2) is 61.1 Å². The van der Waals surface area contributed by atoms with Gasteiger partial charge in [-0.1, -0.05) is 6.07 Å². The second kappa shape index (κ2) is 6.08. The van der Waals surface area contributed by atoms with E-state index in [1.54, 1.807) is 0 Å². The lowest BCUT2D eigenvalue weighted by Gasteiger charge is -2.07. The van der Waals surface area contributed by atoms with E-state index in [1.807, 2.05) is 65.5 Å². The SMILES string of the molecule is O=C(NCCc1cn2ccccc2n1)Nc1ccc2[nH]ccc2c1. The minimum absolute atomic E-state index is 0.214. The van der Waals surface area contributed by atoms with Crippen molar-refractivity contribution in [3.8, 4) is 0 Å². The molecule has 4 rings (SSSR count). The van der Waals surface area contributed by atoms with Gasteiger partial charge in [-0.2, -0.15) is 0 Å². The van der Waals surface area contributed by atoms with Gasteiger partial charge >= 0.3 is 6.03 Å². The molecule has 3 aromatic heterocycles. The molecule has 0 aliphatic carbocycles. The van der Waals surface area contributed by atoms with Crippen molar-refractivity contribution in [2.75, 3.05) is 11.9 Å². The molecule has 3 heterocycles. The predicted molar refractivity (Wildman–Crippen MR) is 94.2 cm³/mol. The number of pyridine rings is 1. The number of anilines is 1. The molecular weight excluding hydrogens is 302 g/mol. The van der Waals surface area contributed by atoms with Gasteiger partial charge in [0.1, 0.15) is 5.65 Å². The highest BCUT2D eigenvalue weighted by molar-refractivity contribution is 5.92. The average molecular weight is 319 g/mol. The number of urea groups is 1. The van der Waals surface area contributed by atoms with Crippen molar-refractivity contribution in [3.63, 3.8) is 0 Å². The highest BCUT2D eigenvalue weighted by Gasteiger charge is 2.04. The van der Waals surface area contributed by atoms with Crippen molar-refractivity contribution in [2.24, 2.45) is 0 Å². The second-order valence-electron chi connectivity index (χ2n) is 5.61. The summed E-state index contributed by atoms with van der Waals surface area (Å²) in [6.45, 7) is 0.530. The molecule has 24 heavy (non-hydrogen) atoms. The number of carbonyl (C=O) groups is 1. The number of nitrogens with zero attached hydrogens (tertiary/aromatic N) is 2. The van der Waals surface area contributed by atoms with Gasteiger partial charge in [0.25, 0.3) is 0 Å². The van der Waals surface area contributed by atoms with Crippen LogP contribution in [0, 0.1) is 0 Å². The van der Waals surface area contributed by atoms with E-state index in [0.717, 1.165) is 27.9 Å². The Kier molecular flexibility index (Phi) is 3.63. The third kappa shape index (κ3) is 2.94. The zero-order valence-electron chi connectivity index (χ0n) is 13.0. The Labute approximate surface area is 138 Å². The summed E-state index contributed by atoms with van der Waals surface area (Å²) >= 11 is 0. The van der Waals surface area contributed by atoms with Crippen LogP contribution in [-0.2, 0) is 6.42 Å². The van der Waals surface area contributed by atoms with E-state index in [4.69, 9.17) is 0 Å². The first-order valence-corrected chi connectivity index (χ1v) is 7.82. The van der Waals surface area contributed by atoms with Crippen LogP contribution in [0.2, 0.25) is 0 Å². The Hall–Kier alpha value is -3.28. The van der Waals surface area contributed by atoms with Gasteiger partial charge in [-0.15, -0.1) is 0 Å². The fourth-order valence-electron chi connectivity index (χ4n) is 2.72. The van der Waals surface area contributed by atoms with E-state index >= 15 is 0 Å². The highest BCUT2D eigenvalue weighted by Crippen LogP contribution is 2.17. The first-order valence-electron chi connectivity index (χ1n) is 7.82. The third-order valence-corrected chi connectivity index (χ3v) is 3.89. The largest absolute Gasteiger partial charge is 0.361 e. The van der Waals surface area contributed by atoms with Crippen molar-refractivity contribution < 1.29 is 4.79 Å². The summed E-state index contributed by atoms with van der Waals surface area (Å²) < 4.78 is 1.97. The summed E-state index contributed by atoms with van der Waals surface area (Å²) in [5.74, 6) is 0. The molecule has 6 heteroatoms. The standard InChI is InChI=1S/C18H17N5O/c24-18(22-14-4-5-16-13(11-14)6-8-19-16)20-9-7-15-12-23-10-2-1-3-17(23)21-15/h1-6,8,10-12,19H,7,9H2,(H2,20,22,24). The molecular formula is C18H17N5O. The van der Waals surface area contributed by atoms with Crippen molar-refractivity contribution in [3.05, 3.63) is 66.7 Å². The lowest BCUT2D eigenvalue weighted by Crippen LogP contribution is -2.30. The Morgan fingerprint density at radius 1 is 1.21 bits per heavy atom. The van der Waals surface area contributed by atoms with E-state index in [-0.39, 0.29) is 6.03 Å². The zero-order valence-corrected chi connectivity index (χ0v) is 13.0. The van der Waals surface area contributed by atoms with Gasteiger partial charge < -0.3 is 20.0 Å². The Morgan fingerprint density at radius 3 is 3.08 bits per heavy atom. The molecule has 0 bridgehead atoms. The van der Waals surface area contributed by atoms with Crippen LogP contribution < -0.4 is 10.6 Å². The van der Waals surface area contributed by atoms with E-state index in [1.165, 1.54) is 0 Å². The van der Waals surface area contributed by atoms with Crippen LogP contribution in [-0.4, -0.2) is 26.9 Å². The second-order valence-corrected chi connectivity index (χ2v) is 5.61. The molecule has 0 saturated heterocycles. The number of nitrogens with one attached hydrogen (secondary N) is 3. The molecule has 0 spiro atoms. The van der Waals surface area contributed by atoms with Crippen LogP contribution in [0.4, 0.5) is 10.5 Å². The van der Waals surface area contributed by atoms with Crippen LogP contribution in [0.25, 0.3) is 16.6 Å². The number of rotatable bonds is 4. The number of H-pyrrole nitrogens is 1. The predicted octanol–water partition coefficient (Wildman–Crippen LogP) is 3.18. The van der Waals surface area contributed by atoms with Crippen molar-refractivity contribution >= 4 is 28.3 Å². The fourth-order valence-corrected chi connectivity index (χ4v) is 2.72. The van der Waals surface area contributed by atoms with E-state index in [0.29, 0.717) is 13.0 Å². The van der Waals surface area contributed by atoms with Gasteiger partial charge in [0, 0.05) is 48.1 Å². The monoisotopic (exact) mass is 319 g/mol. The summed E-state index contributed by atoms with van der Waals surface area (Å²) in [4.78, 5) is 19.6. The van der Waals surface area contributed by atoms with Crippen molar-refractivity contribution in [1.82, 2.24) is 19.7 Å². The van der Waals surface area contributed by atoms with Crippen LogP contribution >= 0.6 is 0 Å². The summed E-state index contributed by atoms with van der Waals surface area (Å²) in [7, 11) is 0. The Morgan fingerprint density at radius 2 is 2.17 bits per heavy atom. The lowest BCUT2D eigenvalue weighted by atomic mass is 10.2. The first kappa shape index (κ1) is 14.3. The molecule has 0 aliphatic heterocycles. The Bertz CT molecular complexity index is 968. The van der Waals surface area contributed by atoms with Gasteiger partial charge in [0.05, 0.1) is 5.69 Å². The maximum atomic E-state index is 12.0. The minimum Gasteiger partial charge on any atom is -0.361 e. The number of benzene rings is 1. The van der Waals surface area contributed by atoms with Crippen LogP contribution in [0.1, 0.15) is 5.69 Å². The van der Waals surface area contributed by atoms with E-state index in [2.05, 4.69) is 20.6 Å². The highest BCUT2D eigenvalue weighted by atomic mass is 16.2. The molecule has 0 saturated carbocycles. The number of imidazole rings is 1. The summed E-state index contributed by atoms with van der Waals surface area (Å²) in [6.07, 6.45) is 6.51. The summed E-state index contributed by atoms with van der Waals surface area (Å²) in [6, 6.07) is 13.4. The van der Waals surface area contributed by atoms with Crippen molar-refractivity contribution in [2.45, 2.75) is 6.42 Å².